The van der Waals surface area contributed by atoms with Crippen LogP contribution in [0.4, 0.5) is 0 Å². The third-order valence-electron chi connectivity index (χ3n) is 6.10. The summed E-state index contributed by atoms with van der Waals surface area (Å²) >= 11 is 0. The largest absolute Gasteiger partial charge is 0.508 e. The normalized spacial score (nSPS) is 21.7. The summed E-state index contributed by atoms with van der Waals surface area (Å²) in [4.78, 5) is 0. The Morgan fingerprint density at radius 1 is 0.848 bits per heavy atom. The van der Waals surface area contributed by atoms with Crippen LogP contribution in [0.25, 0.3) is 0 Å². The first-order valence-electron chi connectivity index (χ1n) is 10.6. The van der Waals surface area contributed by atoms with Crippen LogP contribution in [0.15, 0.2) is 66.7 Å². The van der Waals surface area contributed by atoms with Crippen molar-refractivity contribution in [3.8, 4) is 23.0 Å². The quantitative estimate of drug-likeness (QED) is 0.501. The molecular formula is C26H28O7. The molecule has 0 fully saturated rings. The molecule has 0 aromatic heterocycles. The lowest BCUT2D eigenvalue weighted by molar-refractivity contribution is -0.0417. The smallest absolute Gasteiger partial charge is 0.188 e. The van der Waals surface area contributed by atoms with Gasteiger partial charge < -0.3 is 33.9 Å². The predicted molar refractivity (Wildman–Crippen MR) is 122 cm³/mol. The molecule has 2 unspecified atom stereocenters. The van der Waals surface area contributed by atoms with E-state index in [0.29, 0.717) is 28.4 Å². The number of rotatable bonds is 8. The van der Waals surface area contributed by atoms with Gasteiger partial charge in [-0.15, -0.1) is 0 Å². The van der Waals surface area contributed by atoms with Crippen molar-refractivity contribution < 1.29 is 33.9 Å². The Hall–Kier alpha value is -3.26. The fourth-order valence-electron chi connectivity index (χ4n) is 4.30. The maximum Gasteiger partial charge on any atom is 0.188 e. The van der Waals surface area contributed by atoms with Gasteiger partial charge in [-0.3, -0.25) is 0 Å². The molecule has 2 atom stereocenters. The molecule has 0 spiro atoms. The van der Waals surface area contributed by atoms with E-state index >= 15 is 0 Å². The number of hydrogen-bond acceptors (Lipinski definition) is 7. The maximum absolute atomic E-state index is 12.5. The number of aliphatic hydroxyl groups is 1. The van der Waals surface area contributed by atoms with Crippen LogP contribution in [0.5, 0.6) is 23.0 Å². The highest BCUT2D eigenvalue weighted by molar-refractivity contribution is 5.56. The molecule has 7 heteroatoms. The first-order chi connectivity index (χ1) is 15.9. The molecule has 2 N–H and O–H groups in total. The Bertz CT molecular complexity index is 1100. The second-order valence-corrected chi connectivity index (χ2v) is 8.17. The van der Waals surface area contributed by atoms with Gasteiger partial charge in [0.05, 0.1) is 5.41 Å². The minimum absolute atomic E-state index is 0.0691. The Balaban J connectivity index is 1.83. The molecular weight excluding hydrogens is 424 g/mol. The second-order valence-electron chi connectivity index (χ2n) is 8.17. The van der Waals surface area contributed by atoms with Gasteiger partial charge >= 0.3 is 0 Å². The lowest BCUT2D eigenvalue weighted by Gasteiger charge is -2.49. The van der Waals surface area contributed by atoms with E-state index in [1.54, 1.807) is 56.7 Å². The van der Waals surface area contributed by atoms with Crippen molar-refractivity contribution in [3.63, 3.8) is 0 Å². The van der Waals surface area contributed by atoms with Crippen LogP contribution >= 0.6 is 0 Å². The molecule has 0 saturated heterocycles. The SMILES string of the molecule is COCOc1ccc(C2(C)COc3cc(OCOC)ccc3C2(O)c2cccc(O)c2)cc1. The van der Waals surface area contributed by atoms with Crippen molar-refractivity contribution in [2.75, 3.05) is 34.4 Å². The van der Waals surface area contributed by atoms with E-state index in [1.165, 1.54) is 0 Å². The van der Waals surface area contributed by atoms with Gasteiger partial charge in [-0.05, 0) is 54.4 Å². The summed E-state index contributed by atoms with van der Waals surface area (Å²) in [5.74, 6) is 1.80. The fourth-order valence-corrected chi connectivity index (χ4v) is 4.30. The van der Waals surface area contributed by atoms with Crippen LogP contribution in [-0.2, 0) is 20.5 Å². The van der Waals surface area contributed by atoms with E-state index in [9.17, 15) is 10.2 Å². The molecule has 33 heavy (non-hydrogen) atoms. The second kappa shape index (κ2) is 9.31. The van der Waals surface area contributed by atoms with Gasteiger partial charge in [0.15, 0.2) is 13.6 Å². The zero-order chi connectivity index (χ0) is 23.5. The first kappa shape index (κ1) is 22.9. The summed E-state index contributed by atoms with van der Waals surface area (Å²) in [6.07, 6.45) is 0. The molecule has 1 aliphatic rings. The maximum atomic E-state index is 12.5. The van der Waals surface area contributed by atoms with Gasteiger partial charge in [0.2, 0.25) is 0 Å². The Kier molecular flexibility index (Phi) is 6.47. The molecule has 0 bridgehead atoms. The van der Waals surface area contributed by atoms with Gasteiger partial charge in [0, 0.05) is 25.8 Å². The van der Waals surface area contributed by atoms with Crippen molar-refractivity contribution in [1.82, 2.24) is 0 Å². The monoisotopic (exact) mass is 452 g/mol. The number of methoxy groups -OCH3 is 2. The molecule has 0 aliphatic carbocycles. The lowest BCUT2D eigenvalue weighted by Crippen LogP contribution is -2.54. The average molecular weight is 453 g/mol. The predicted octanol–water partition coefficient (Wildman–Crippen LogP) is 3.94. The Morgan fingerprint density at radius 3 is 2.18 bits per heavy atom. The molecule has 0 amide bonds. The lowest BCUT2D eigenvalue weighted by atomic mass is 9.61. The molecule has 7 nitrogen and oxygen atoms in total. The molecule has 1 aliphatic heterocycles. The van der Waals surface area contributed by atoms with Gasteiger partial charge in [0.25, 0.3) is 0 Å². The van der Waals surface area contributed by atoms with E-state index in [4.69, 9.17) is 23.7 Å². The number of aromatic hydroxyl groups is 1. The van der Waals surface area contributed by atoms with Crippen LogP contribution < -0.4 is 14.2 Å². The van der Waals surface area contributed by atoms with Crippen molar-refractivity contribution in [2.24, 2.45) is 0 Å². The average Bonchev–Trinajstić information content (AvgIpc) is 2.84. The number of hydrogen-bond donors (Lipinski definition) is 2. The van der Waals surface area contributed by atoms with E-state index in [0.717, 1.165) is 5.56 Å². The highest BCUT2D eigenvalue weighted by Gasteiger charge is 2.55. The molecule has 0 radical (unpaired) electrons. The molecule has 0 saturated carbocycles. The summed E-state index contributed by atoms with van der Waals surface area (Å²) in [6.45, 7) is 2.39. The highest BCUT2D eigenvalue weighted by Crippen LogP contribution is 2.54. The molecule has 3 aromatic rings. The van der Waals surface area contributed by atoms with Crippen LogP contribution in [0.2, 0.25) is 0 Å². The van der Waals surface area contributed by atoms with E-state index in [2.05, 4.69) is 0 Å². The molecule has 4 rings (SSSR count). The van der Waals surface area contributed by atoms with Crippen molar-refractivity contribution in [3.05, 3.63) is 83.4 Å². The summed E-state index contributed by atoms with van der Waals surface area (Å²) in [7, 11) is 3.11. The number of ether oxygens (including phenoxy) is 5. The summed E-state index contributed by atoms with van der Waals surface area (Å²) < 4.78 is 27.2. The van der Waals surface area contributed by atoms with Crippen molar-refractivity contribution in [2.45, 2.75) is 17.9 Å². The number of phenolic OH excluding ortho intramolecular Hbond substituents is 1. The van der Waals surface area contributed by atoms with E-state index < -0.39 is 11.0 Å². The third-order valence-corrected chi connectivity index (χ3v) is 6.10. The van der Waals surface area contributed by atoms with Crippen molar-refractivity contribution in [1.29, 1.82) is 0 Å². The van der Waals surface area contributed by atoms with Gasteiger partial charge in [-0.2, -0.15) is 0 Å². The zero-order valence-electron chi connectivity index (χ0n) is 18.9. The zero-order valence-corrected chi connectivity index (χ0v) is 18.9. The van der Waals surface area contributed by atoms with Gasteiger partial charge in [0.1, 0.15) is 35.2 Å². The minimum atomic E-state index is -1.51. The third kappa shape index (κ3) is 4.11. The molecule has 3 aromatic carbocycles. The van der Waals surface area contributed by atoms with Gasteiger partial charge in [-0.1, -0.05) is 24.3 Å². The number of fused-ring (bicyclic) bond motifs is 1. The highest BCUT2D eigenvalue weighted by atomic mass is 16.7. The van der Waals surface area contributed by atoms with Crippen LogP contribution in [0.1, 0.15) is 23.6 Å². The first-order valence-corrected chi connectivity index (χ1v) is 10.6. The summed E-state index contributed by atoms with van der Waals surface area (Å²) in [5, 5.41) is 22.7. The number of phenols is 1. The van der Waals surface area contributed by atoms with Crippen LogP contribution in [0, 0.1) is 0 Å². The number of benzene rings is 3. The summed E-state index contributed by atoms with van der Waals surface area (Å²) in [6, 6.07) is 19.5. The topological polar surface area (TPSA) is 86.6 Å². The van der Waals surface area contributed by atoms with Gasteiger partial charge in [-0.25, -0.2) is 0 Å². The van der Waals surface area contributed by atoms with Crippen molar-refractivity contribution >= 4 is 0 Å². The Morgan fingerprint density at radius 2 is 1.52 bits per heavy atom. The molecule has 174 valence electrons. The Labute approximate surface area is 193 Å². The van der Waals surface area contributed by atoms with E-state index in [1.807, 2.05) is 31.2 Å². The minimum Gasteiger partial charge on any atom is -0.508 e. The fraction of sp³-hybridized carbons (Fsp3) is 0.308. The van der Waals surface area contributed by atoms with E-state index in [-0.39, 0.29) is 25.9 Å². The van der Waals surface area contributed by atoms with Crippen LogP contribution in [-0.4, -0.2) is 44.6 Å². The summed E-state index contributed by atoms with van der Waals surface area (Å²) in [5.41, 5.74) is -0.411. The van der Waals surface area contributed by atoms with Crippen LogP contribution in [0.3, 0.4) is 0 Å². The molecule has 1 heterocycles. The standard InChI is InChI=1S/C26H28O7/c1-25(18-7-9-21(10-8-18)32-16-29-2)15-31-24-14-22(33-17-30-3)11-12-23(24)26(25,28)19-5-4-6-20(27)13-19/h4-14,27-28H,15-17H2,1-3H3.